The van der Waals surface area contributed by atoms with Crippen LogP contribution < -0.4 is 0 Å². The predicted octanol–water partition coefficient (Wildman–Crippen LogP) is 5.32. The van der Waals surface area contributed by atoms with Gasteiger partial charge in [0, 0.05) is 8.99 Å². The SMILES string of the molecule is CC1(C)C2CCC1(C)C(OC(=O)c1ccc(I)c(Cl)c1)C2. The number of benzene rings is 1. The second-order valence-electron chi connectivity index (χ2n) is 7.13. The zero-order valence-corrected chi connectivity index (χ0v) is 15.5. The number of ether oxygens (including phenoxy) is 1. The van der Waals surface area contributed by atoms with Crippen LogP contribution >= 0.6 is 34.2 Å². The molecule has 2 nitrogen and oxygen atoms in total. The van der Waals surface area contributed by atoms with Gasteiger partial charge in [-0.1, -0.05) is 32.4 Å². The van der Waals surface area contributed by atoms with E-state index in [9.17, 15) is 4.79 Å². The molecule has 3 rings (SSSR count). The summed E-state index contributed by atoms with van der Waals surface area (Å²) in [5.41, 5.74) is 0.895. The molecule has 2 aliphatic carbocycles. The van der Waals surface area contributed by atoms with Crippen LogP contribution in [0.1, 0.15) is 50.4 Å². The zero-order valence-electron chi connectivity index (χ0n) is 12.6. The summed E-state index contributed by atoms with van der Waals surface area (Å²) in [4.78, 5) is 12.4. The molecule has 0 radical (unpaired) electrons. The molecule has 3 unspecified atom stereocenters. The van der Waals surface area contributed by atoms with Crippen LogP contribution in [-0.2, 0) is 4.74 Å². The molecule has 0 aliphatic heterocycles. The molecular formula is C17H20ClIO2. The normalized spacial score (nSPS) is 33.2. The Hall–Kier alpha value is -0.290. The Bertz CT molecular complexity index is 598. The highest BCUT2D eigenvalue weighted by atomic mass is 127. The molecule has 0 heterocycles. The van der Waals surface area contributed by atoms with Gasteiger partial charge in [-0.25, -0.2) is 4.79 Å². The number of hydrogen-bond acceptors (Lipinski definition) is 2. The van der Waals surface area contributed by atoms with Crippen LogP contribution in [0.3, 0.4) is 0 Å². The van der Waals surface area contributed by atoms with Gasteiger partial charge < -0.3 is 4.74 Å². The van der Waals surface area contributed by atoms with Crippen LogP contribution in [-0.4, -0.2) is 12.1 Å². The van der Waals surface area contributed by atoms with Crippen LogP contribution in [0, 0.1) is 20.3 Å². The van der Waals surface area contributed by atoms with Crippen molar-refractivity contribution in [2.45, 2.75) is 46.1 Å². The lowest BCUT2D eigenvalue weighted by atomic mass is 9.70. The molecule has 0 saturated heterocycles. The van der Waals surface area contributed by atoms with Crippen LogP contribution in [0.2, 0.25) is 5.02 Å². The van der Waals surface area contributed by atoms with Gasteiger partial charge in [-0.3, -0.25) is 0 Å². The van der Waals surface area contributed by atoms with Gasteiger partial charge in [-0.15, -0.1) is 0 Å². The molecule has 0 N–H and O–H groups in total. The summed E-state index contributed by atoms with van der Waals surface area (Å²) >= 11 is 8.25. The van der Waals surface area contributed by atoms with E-state index in [0.29, 0.717) is 16.5 Å². The highest BCUT2D eigenvalue weighted by Crippen LogP contribution is 2.66. The number of rotatable bonds is 2. The summed E-state index contributed by atoms with van der Waals surface area (Å²) in [6.07, 6.45) is 3.42. The van der Waals surface area contributed by atoms with E-state index in [2.05, 4.69) is 43.4 Å². The fourth-order valence-corrected chi connectivity index (χ4v) is 4.64. The molecule has 1 aromatic carbocycles. The Kier molecular flexibility index (Phi) is 3.80. The Morgan fingerprint density at radius 1 is 1.38 bits per heavy atom. The summed E-state index contributed by atoms with van der Waals surface area (Å²) in [6, 6.07) is 5.34. The second-order valence-corrected chi connectivity index (χ2v) is 8.70. The number of esters is 1. The molecule has 1 aromatic rings. The van der Waals surface area contributed by atoms with Crippen molar-refractivity contribution in [3.63, 3.8) is 0 Å². The lowest BCUT2D eigenvalue weighted by Gasteiger charge is -2.38. The minimum absolute atomic E-state index is 0.0248. The maximum Gasteiger partial charge on any atom is 0.338 e. The molecule has 114 valence electrons. The van der Waals surface area contributed by atoms with E-state index in [1.807, 2.05) is 6.07 Å². The third-order valence-corrected chi connectivity index (χ3v) is 7.69. The molecular weight excluding hydrogens is 399 g/mol. The first-order valence-corrected chi connectivity index (χ1v) is 8.87. The van der Waals surface area contributed by atoms with Crippen molar-refractivity contribution in [3.05, 3.63) is 32.4 Å². The summed E-state index contributed by atoms with van der Waals surface area (Å²) in [5.74, 6) is 0.420. The Balaban J connectivity index is 1.79. The molecule has 2 aliphatic rings. The number of fused-ring (bicyclic) bond motifs is 2. The number of carbonyl (C=O) groups excluding carboxylic acids is 1. The van der Waals surface area contributed by atoms with Crippen molar-refractivity contribution in [3.8, 4) is 0 Å². The van der Waals surface area contributed by atoms with Crippen molar-refractivity contribution in [1.82, 2.24) is 0 Å². The van der Waals surface area contributed by atoms with E-state index >= 15 is 0 Å². The van der Waals surface area contributed by atoms with E-state index in [-0.39, 0.29) is 22.9 Å². The molecule has 21 heavy (non-hydrogen) atoms. The molecule has 0 aromatic heterocycles. The molecule has 0 amide bonds. The zero-order chi connectivity index (χ0) is 15.4. The van der Waals surface area contributed by atoms with Gasteiger partial charge in [0.05, 0.1) is 10.6 Å². The monoisotopic (exact) mass is 418 g/mol. The van der Waals surface area contributed by atoms with E-state index < -0.39 is 0 Å². The van der Waals surface area contributed by atoms with Gasteiger partial charge in [-0.2, -0.15) is 0 Å². The largest absolute Gasteiger partial charge is 0.458 e. The summed E-state index contributed by atoms with van der Waals surface area (Å²) in [6.45, 7) is 6.92. The van der Waals surface area contributed by atoms with Crippen molar-refractivity contribution >= 4 is 40.2 Å². The molecule has 2 saturated carbocycles. The van der Waals surface area contributed by atoms with Crippen molar-refractivity contribution < 1.29 is 9.53 Å². The smallest absolute Gasteiger partial charge is 0.338 e. The molecule has 2 fully saturated rings. The first-order chi connectivity index (χ1) is 9.75. The average Bonchev–Trinajstić information content (AvgIpc) is 2.75. The van der Waals surface area contributed by atoms with Crippen LogP contribution in [0.25, 0.3) is 0 Å². The topological polar surface area (TPSA) is 26.3 Å². The highest BCUT2D eigenvalue weighted by molar-refractivity contribution is 14.1. The van der Waals surface area contributed by atoms with Gasteiger partial charge >= 0.3 is 5.97 Å². The first-order valence-electron chi connectivity index (χ1n) is 7.42. The van der Waals surface area contributed by atoms with E-state index in [0.717, 1.165) is 16.4 Å². The Labute approximate surface area is 144 Å². The molecule has 0 spiro atoms. The maximum absolute atomic E-state index is 12.4. The third kappa shape index (κ3) is 2.31. The first kappa shape index (κ1) is 15.6. The number of hydrogen-bond donors (Lipinski definition) is 0. The second kappa shape index (κ2) is 5.12. The van der Waals surface area contributed by atoms with Crippen molar-refractivity contribution in [2.24, 2.45) is 16.7 Å². The number of halogens is 2. The lowest BCUT2D eigenvalue weighted by molar-refractivity contribution is -0.0242. The van der Waals surface area contributed by atoms with Crippen LogP contribution in [0.4, 0.5) is 0 Å². The van der Waals surface area contributed by atoms with Gasteiger partial charge in [0.1, 0.15) is 6.10 Å². The minimum Gasteiger partial charge on any atom is -0.458 e. The molecule has 3 atom stereocenters. The highest BCUT2D eigenvalue weighted by Gasteiger charge is 2.62. The standard InChI is InChI=1S/C17H20ClIO2/c1-16(2)11-6-7-17(16,3)14(9-11)21-15(20)10-4-5-13(19)12(18)8-10/h4-5,8,11,14H,6-7,9H2,1-3H3. The maximum atomic E-state index is 12.4. The molecule has 2 bridgehead atoms. The molecule has 4 heteroatoms. The quantitative estimate of drug-likeness (QED) is 0.480. The fraction of sp³-hybridized carbons (Fsp3) is 0.588. The lowest BCUT2D eigenvalue weighted by Crippen LogP contribution is -2.38. The van der Waals surface area contributed by atoms with Crippen molar-refractivity contribution in [2.75, 3.05) is 0 Å². The average molecular weight is 419 g/mol. The van der Waals surface area contributed by atoms with Gasteiger partial charge in [0.25, 0.3) is 0 Å². The number of carbonyl (C=O) groups is 1. The van der Waals surface area contributed by atoms with Crippen LogP contribution in [0.15, 0.2) is 18.2 Å². The summed E-state index contributed by atoms with van der Waals surface area (Å²) < 4.78 is 6.81. The Morgan fingerprint density at radius 3 is 2.62 bits per heavy atom. The van der Waals surface area contributed by atoms with E-state index in [1.165, 1.54) is 6.42 Å². The van der Waals surface area contributed by atoms with Crippen molar-refractivity contribution in [1.29, 1.82) is 0 Å². The van der Waals surface area contributed by atoms with Crippen LogP contribution in [0.5, 0.6) is 0 Å². The third-order valence-electron chi connectivity index (χ3n) is 6.12. The summed E-state index contributed by atoms with van der Waals surface area (Å²) in [5, 5.41) is 0.601. The van der Waals surface area contributed by atoms with E-state index in [4.69, 9.17) is 16.3 Å². The van der Waals surface area contributed by atoms with Gasteiger partial charge in [0.2, 0.25) is 0 Å². The fourth-order valence-electron chi connectivity index (χ4n) is 4.13. The van der Waals surface area contributed by atoms with Gasteiger partial charge in [-0.05, 0) is 71.4 Å². The Morgan fingerprint density at radius 2 is 2.10 bits per heavy atom. The predicted molar refractivity (Wildman–Crippen MR) is 92.6 cm³/mol. The van der Waals surface area contributed by atoms with Gasteiger partial charge in [0.15, 0.2) is 0 Å². The summed E-state index contributed by atoms with van der Waals surface area (Å²) in [7, 11) is 0. The van der Waals surface area contributed by atoms with E-state index in [1.54, 1.807) is 12.1 Å². The minimum atomic E-state index is -0.247.